The van der Waals surface area contributed by atoms with E-state index in [0.29, 0.717) is 23.5 Å². The lowest BCUT2D eigenvalue weighted by Crippen LogP contribution is -2.30. The quantitative estimate of drug-likeness (QED) is 0.213. The lowest BCUT2D eigenvalue weighted by molar-refractivity contribution is -0.119. The molecule has 11 heteroatoms. The molecule has 3 aromatic carbocycles. The SMILES string of the molecule is CCS(=O)(=O)c1ccc(NC(=O)OCCc2ccccc2)cc1CNC(=O)CNc1ccc2c(N)nccc2c1. The first-order valence-electron chi connectivity index (χ1n) is 12.7. The van der Waals surface area contributed by atoms with Crippen LogP contribution < -0.4 is 21.7 Å². The van der Waals surface area contributed by atoms with Crippen LogP contribution in [0.25, 0.3) is 10.8 Å². The average molecular weight is 562 g/mol. The van der Waals surface area contributed by atoms with Gasteiger partial charge in [0.15, 0.2) is 9.84 Å². The van der Waals surface area contributed by atoms with Gasteiger partial charge in [-0.2, -0.15) is 0 Å². The van der Waals surface area contributed by atoms with Gasteiger partial charge in [-0.1, -0.05) is 37.3 Å². The van der Waals surface area contributed by atoms with E-state index in [9.17, 15) is 18.0 Å². The number of amides is 2. The highest BCUT2D eigenvalue weighted by atomic mass is 32.2. The van der Waals surface area contributed by atoms with Gasteiger partial charge >= 0.3 is 6.09 Å². The Kier molecular flexibility index (Phi) is 9.18. The predicted molar refractivity (Wildman–Crippen MR) is 156 cm³/mol. The Morgan fingerprint density at radius 2 is 1.75 bits per heavy atom. The molecule has 10 nitrogen and oxygen atoms in total. The van der Waals surface area contributed by atoms with E-state index in [1.807, 2.05) is 48.5 Å². The van der Waals surface area contributed by atoms with E-state index in [4.69, 9.17) is 10.5 Å². The van der Waals surface area contributed by atoms with Crippen molar-refractivity contribution in [3.05, 3.63) is 90.1 Å². The Morgan fingerprint density at radius 1 is 0.975 bits per heavy atom. The van der Waals surface area contributed by atoms with Crippen molar-refractivity contribution in [1.29, 1.82) is 0 Å². The molecule has 1 heterocycles. The number of carbonyl (C=O) groups excluding carboxylic acids is 2. The molecule has 40 heavy (non-hydrogen) atoms. The van der Waals surface area contributed by atoms with E-state index in [1.165, 1.54) is 18.2 Å². The largest absolute Gasteiger partial charge is 0.449 e. The van der Waals surface area contributed by atoms with Gasteiger partial charge in [-0.15, -0.1) is 0 Å². The Morgan fingerprint density at radius 3 is 2.52 bits per heavy atom. The zero-order valence-electron chi connectivity index (χ0n) is 22.0. The zero-order chi connectivity index (χ0) is 28.5. The van der Waals surface area contributed by atoms with E-state index in [-0.39, 0.29) is 36.3 Å². The third kappa shape index (κ3) is 7.48. The molecule has 0 aliphatic heterocycles. The highest BCUT2D eigenvalue weighted by Gasteiger charge is 2.18. The molecular weight excluding hydrogens is 530 g/mol. The number of nitrogens with zero attached hydrogens (tertiary/aromatic N) is 1. The number of pyridine rings is 1. The molecule has 1 aromatic heterocycles. The van der Waals surface area contributed by atoms with E-state index >= 15 is 0 Å². The molecule has 0 saturated heterocycles. The first-order chi connectivity index (χ1) is 19.2. The topological polar surface area (TPSA) is 153 Å². The van der Waals surface area contributed by atoms with Gasteiger partial charge < -0.3 is 21.1 Å². The number of hydrogen-bond acceptors (Lipinski definition) is 8. The van der Waals surface area contributed by atoms with Gasteiger partial charge in [0, 0.05) is 35.9 Å². The van der Waals surface area contributed by atoms with Crippen molar-refractivity contribution in [3.8, 4) is 0 Å². The smallest absolute Gasteiger partial charge is 0.411 e. The van der Waals surface area contributed by atoms with E-state index in [0.717, 1.165) is 22.0 Å². The fourth-order valence-electron chi connectivity index (χ4n) is 4.06. The summed E-state index contributed by atoms with van der Waals surface area (Å²) in [5.74, 6) is -0.0177. The molecule has 0 aliphatic rings. The number of fused-ring (bicyclic) bond motifs is 1. The molecule has 0 bridgehead atoms. The van der Waals surface area contributed by atoms with Crippen molar-refractivity contribution in [2.75, 3.05) is 35.3 Å². The summed E-state index contributed by atoms with van der Waals surface area (Å²) >= 11 is 0. The van der Waals surface area contributed by atoms with Crippen LogP contribution in [0.3, 0.4) is 0 Å². The molecule has 208 valence electrons. The van der Waals surface area contributed by atoms with Crippen molar-refractivity contribution in [3.63, 3.8) is 0 Å². The second-order valence-electron chi connectivity index (χ2n) is 8.98. The van der Waals surface area contributed by atoms with Gasteiger partial charge in [-0.05, 0) is 59.0 Å². The highest BCUT2D eigenvalue weighted by molar-refractivity contribution is 7.91. The normalized spacial score (nSPS) is 11.1. The van der Waals surface area contributed by atoms with Crippen LogP contribution in [0, 0.1) is 0 Å². The summed E-state index contributed by atoms with van der Waals surface area (Å²) in [5.41, 5.74) is 8.36. The number of nitrogen functional groups attached to an aromatic ring is 1. The fraction of sp³-hybridized carbons (Fsp3) is 0.207. The Hall–Kier alpha value is -4.64. The first kappa shape index (κ1) is 28.4. The van der Waals surface area contributed by atoms with E-state index in [2.05, 4.69) is 20.9 Å². The number of nitrogens with two attached hydrogens (primary N) is 1. The van der Waals surface area contributed by atoms with Crippen LogP contribution in [0.2, 0.25) is 0 Å². The van der Waals surface area contributed by atoms with Crippen LogP contribution in [0.1, 0.15) is 18.1 Å². The maximum Gasteiger partial charge on any atom is 0.411 e. The van der Waals surface area contributed by atoms with E-state index in [1.54, 1.807) is 19.2 Å². The van der Waals surface area contributed by atoms with Crippen molar-refractivity contribution < 1.29 is 22.7 Å². The van der Waals surface area contributed by atoms with Gasteiger partial charge in [0.1, 0.15) is 5.82 Å². The molecule has 0 radical (unpaired) electrons. The number of sulfone groups is 1. The molecule has 0 unspecified atom stereocenters. The van der Waals surface area contributed by atoms with Gasteiger partial charge in [0.05, 0.1) is 23.8 Å². The van der Waals surface area contributed by atoms with Crippen LogP contribution in [-0.4, -0.2) is 44.3 Å². The van der Waals surface area contributed by atoms with Crippen molar-refractivity contribution in [2.24, 2.45) is 0 Å². The molecule has 0 aliphatic carbocycles. The molecule has 5 N–H and O–H groups in total. The monoisotopic (exact) mass is 561 g/mol. The van der Waals surface area contributed by atoms with Gasteiger partial charge in [0.25, 0.3) is 0 Å². The lowest BCUT2D eigenvalue weighted by Gasteiger charge is -2.14. The minimum Gasteiger partial charge on any atom is -0.449 e. The summed E-state index contributed by atoms with van der Waals surface area (Å²) < 4.78 is 30.6. The number of aromatic nitrogens is 1. The maximum atomic E-state index is 12.7. The summed E-state index contributed by atoms with van der Waals surface area (Å²) in [6, 6.07) is 21.4. The summed E-state index contributed by atoms with van der Waals surface area (Å²) in [6.45, 7) is 1.65. The van der Waals surface area contributed by atoms with Crippen molar-refractivity contribution in [2.45, 2.75) is 24.8 Å². The number of carbonyl (C=O) groups is 2. The number of benzene rings is 3. The molecule has 0 spiro atoms. The predicted octanol–water partition coefficient (Wildman–Crippen LogP) is 4.13. The van der Waals surface area contributed by atoms with Crippen LogP contribution in [0.4, 0.5) is 22.0 Å². The maximum absolute atomic E-state index is 12.7. The standard InChI is InChI=1S/C29H31N5O5S/c1-2-40(37,38)26-11-9-24(34-29(36)39-15-13-20-6-4-3-5-7-20)17-22(26)18-33-27(35)19-32-23-8-10-25-21(16-23)12-14-31-28(25)30/h3-12,14,16-17,32H,2,13,15,18-19H2,1H3,(H2,30,31)(H,33,35)(H,34,36). The summed E-state index contributed by atoms with van der Waals surface area (Å²) in [6.07, 6.45) is 1.52. The summed E-state index contributed by atoms with van der Waals surface area (Å²) in [5, 5.41) is 10.1. The van der Waals surface area contributed by atoms with Gasteiger partial charge in [-0.3, -0.25) is 10.1 Å². The average Bonchev–Trinajstić information content (AvgIpc) is 2.95. The molecular formula is C29H31N5O5S. The summed E-state index contributed by atoms with van der Waals surface area (Å²) in [7, 11) is -3.57. The minimum atomic E-state index is -3.57. The second kappa shape index (κ2) is 12.9. The van der Waals surface area contributed by atoms with Gasteiger partial charge in [-0.25, -0.2) is 18.2 Å². The highest BCUT2D eigenvalue weighted by Crippen LogP contribution is 2.23. The molecule has 2 amide bonds. The Balaban J connectivity index is 1.36. The number of hydrogen-bond donors (Lipinski definition) is 4. The molecule has 0 atom stereocenters. The third-order valence-electron chi connectivity index (χ3n) is 6.21. The lowest BCUT2D eigenvalue weighted by atomic mass is 10.1. The second-order valence-corrected chi connectivity index (χ2v) is 11.2. The van der Waals surface area contributed by atoms with Crippen molar-refractivity contribution in [1.82, 2.24) is 10.3 Å². The number of rotatable bonds is 11. The fourth-order valence-corrected chi connectivity index (χ4v) is 5.18. The van der Waals surface area contributed by atoms with Crippen LogP contribution in [0.15, 0.2) is 83.9 Å². The number of ether oxygens (including phenoxy) is 1. The number of nitrogens with one attached hydrogen (secondary N) is 3. The molecule has 4 rings (SSSR count). The van der Waals surface area contributed by atoms with Gasteiger partial charge in [0.2, 0.25) is 5.91 Å². The third-order valence-corrected chi connectivity index (χ3v) is 8.04. The van der Waals surface area contributed by atoms with Crippen LogP contribution in [0.5, 0.6) is 0 Å². The minimum absolute atomic E-state index is 0.0341. The number of anilines is 3. The Bertz CT molecular complexity index is 1610. The summed E-state index contributed by atoms with van der Waals surface area (Å²) in [4.78, 5) is 29.0. The molecule has 0 saturated carbocycles. The first-order valence-corrected chi connectivity index (χ1v) is 14.4. The zero-order valence-corrected chi connectivity index (χ0v) is 22.8. The van der Waals surface area contributed by atoms with E-state index < -0.39 is 15.9 Å². The molecule has 0 fully saturated rings. The van der Waals surface area contributed by atoms with Crippen LogP contribution in [-0.2, 0) is 32.3 Å². The van der Waals surface area contributed by atoms with Crippen molar-refractivity contribution >= 4 is 49.8 Å². The van der Waals surface area contributed by atoms with Crippen LogP contribution >= 0.6 is 0 Å². The Labute approximate surface area is 232 Å². The molecule has 4 aromatic rings.